The van der Waals surface area contributed by atoms with Crippen molar-refractivity contribution in [3.63, 3.8) is 0 Å². The van der Waals surface area contributed by atoms with E-state index in [1.165, 1.54) is 18.3 Å². The maximum absolute atomic E-state index is 13.9. The summed E-state index contributed by atoms with van der Waals surface area (Å²) in [6, 6.07) is 11.3. The first-order valence-corrected chi connectivity index (χ1v) is 17.4. The first-order chi connectivity index (χ1) is 23.7. The number of carboxylic acids is 1. The van der Waals surface area contributed by atoms with E-state index in [9.17, 15) is 32.7 Å². The van der Waals surface area contributed by atoms with Crippen molar-refractivity contribution in [1.29, 1.82) is 0 Å². The molecule has 2 aliphatic heterocycles. The number of halogens is 3. The number of carbonyl (C=O) groups excluding carboxylic acids is 2. The predicted octanol–water partition coefficient (Wildman–Crippen LogP) is 6.23. The summed E-state index contributed by atoms with van der Waals surface area (Å²) in [7, 11) is 0. The molecular weight excluding hydrogens is 649 g/mol. The molecule has 0 bridgehead atoms. The average Bonchev–Trinajstić information content (AvgIpc) is 3.35. The summed E-state index contributed by atoms with van der Waals surface area (Å²) in [5.41, 5.74) is 2.09. The van der Waals surface area contributed by atoms with Crippen molar-refractivity contribution in [2.75, 3.05) is 32.8 Å². The first-order valence-electron chi connectivity index (χ1n) is 17.4. The number of aromatic nitrogens is 2. The minimum Gasteiger partial charge on any atom is -0.478 e. The lowest BCUT2D eigenvalue weighted by Gasteiger charge is -2.51. The molecule has 2 atom stereocenters. The molecule has 1 aromatic heterocycles. The van der Waals surface area contributed by atoms with E-state index in [1.54, 1.807) is 46.1 Å². The van der Waals surface area contributed by atoms with Gasteiger partial charge in [0, 0.05) is 62.5 Å². The van der Waals surface area contributed by atoms with Crippen LogP contribution in [0.1, 0.15) is 89.3 Å². The monoisotopic (exact) mass is 692 g/mol. The molecule has 12 heteroatoms. The van der Waals surface area contributed by atoms with E-state index in [1.807, 2.05) is 4.90 Å². The lowest BCUT2D eigenvalue weighted by atomic mass is 9.71. The van der Waals surface area contributed by atoms with E-state index in [-0.39, 0.29) is 90.7 Å². The van der Waals surface area contributed by atoms with Crippen LogP contribution in [-0.4, -0.2) is 81.2 Å². The molecule has 1 unspecified atom stereocenters. The normalized spacial score (nSPS) is 23.5. The Bertz CT molecular complexity index is 1770. The summed E-state index contributed by atoms with van der Waals surface area (Å²) < 4.78 is 48.9. The highest BCUT2D eigenvalue weighted by Crippen LogP contribution is 2.54. The second kappa shape index (κ2) is 12.9. The molecule has 0 radical (unpaired) electrons. The molecular formula is C38H43F3N4O5. The minimum absolute atomic E-state index is 0.00295. The van der Waals surface area contributed by atoms with E-state index >= 15 is 0 Å². The van der Waals surface area contributed by atoms with Gasteiger partial charge in [0.1, 0.15) is 5.82 Å². The van der Waals surface area contributed by atoms with Crippen molar-refractivity contribution >= 4 is 17.8 Å². The van der Waals surface area contributed by atoms with Gasteiger partial charge in [0.2, 0.25) is 11.8 Å². The second-order valence-corrected chi connectivity index (χ2v) is 15.6. The van der Waals surface area contributed by atoms with Crippen LogP contribution in [0.15, 0.2) is 54.9 Å². The number of carbonyl (C=O) groups is 3. The van der Waals surface area contributed by atoms with Crippen molar-refractivity contribution in [1.82, 2.24) is 19.6 Å². The van der Waals surface area contributed by atoms with Crippen molar-refractivity contribution in [3.8, 4) is 0 Å². The maximum Gasteiger partial charge on any atom is 0.336 e. The zero-order valence-corrected chi connectivity index (χ0v) is 28.4. The number of alkyl halides is 2. The van der Waals surface area contributed by atoms with Gasteiger partial charge in [-0.3, -0.25) is 14.3 Å². The van der Waals surface area contributed by atoms with Crippen LogP contribution in [0.4, 0.5) is 13.2 Å². The van der Waals surface area contributed by atoms with Crippen molar-refractivity contribution in [2.24, 2.45) is 22.7 Å². The van der Waals surface area contributed by atoms with Crippen LogP contribution in [-0.2, 0) is 22.7 Å². The molecule has 4 aliphatic rings. The van der Waals surface area contributed by atoms with Crippen LogP contribution in [0.3, 0.4) is 0 Å². The molecule has 7 rings (SSSR count). The van der Waals surface area contributed by atoms with Crippen molar-refractivity contribution < 1.29 is 37.4 Å². The highest BCUT2D eigenvalue weighted by molar-refractivity contribution is 5.94. The molecule has 3 aromatic rings. The van der Waals surface area contributed by atoms with E-state index in [0.29, 0.717) is 49.4 Å². The molecule has 2 saturated carbocycles. The second-order valence-electron chi connectivity index (χ2n) is 15.6. The molecule has 2 saturated heterocycles. The molecule has 2 aliphatic carbocycles. The Morgan fingerprint density at radius 1 is 1.00 bits per heavy atom. The first kappa shape index (κ1) is 34.3. The van der Waals surface area contributed by atoms with Gasteiger partial charge in [-0.15, -0.1) is 0 Å². The maximum atomic E-state index is 13.9. The third kappa shape index (κ3) is 6.78. The van der Waals surface area contributed by atoms with Crippen LogP contribution in [0.2, 0.25) is 0 Å². The number of ether oxygens (including phenoxy) is 1. The molecule has 1 spiro atoms. The molecule has 2 aromatic carbocycles. The number of hydrogen-bond acceptors (Lipinski definition) is 5. The summed E-state index contributed by atoms with van der Waals surface area (Å²) in [6.07, 6.45) is 4.01. The fourth-order valence-electron chi connectivity index (χ4n) is 8.28. The Hall–Kier alpha value is -4.19. The van der Waals surface area contributed by atoms with Crippen molar-refractivity contribution in [3.05, 3.63) is 88.5 Å². The quantitative estimate of drug-likeness (QED) is 0.271. The number of hydrogen-bond donors (Lipinski definition) is 1. The number of aromatic carboxylic acids is 1. The third-order valence-electron chi connectivity index (χ3n) is 11.5. The fraction of sp³-hybridized carbons (Fsp3) is 0.526. The number of nitrogens with zero attached hydrogens (tertiary/aromatic N) is 4. The number of carboxylic acid groups (broad SMARTS) is 1. The summed E-state index contributed by atoms with van der Waals surface area (Å²) in [5, 5.41) is 14.5. The largest absolute Gasteiger partial charge is 0.478 e. The van der Waals surface area contributed by atoms with Gasteiger partial charge in [-0.25, -0.2) is 18.0 Å². The molecule has 50 heavy (non-hydrogen) atoms. The van der Waals surface area contributed by atoms with Crippen LogP contribution in [0.5, 0.6) is 0 Å². The Labute approximate surface area is 289 Å². The van der Waals surface area contributed by atoms with Crippen LogP contribution < -0.4 is 0 Å². The highest BCUT2D eigenvalue weighted by Gasteiger charge is 2.60. The van der Waals surface area contributed by atoms with Crippen LogP contribution in [0, 0.1) is 28.5 Å². The van der Waals surface area contributed by atoms with Crippen LogP contribution in [0.25, 0.3) is 0 Å². The molecule has 266 valence electrons. The number of rotatable bonds is 10. The number of amides is 2. The van der Waals surface area contributed by atoms with E-state index in [2.05, 4.69) is 18.9 Å². The molecule has 2 amide bonds. The molecule has 9 nitrogen and oxygen atoms in total. The number of benzene rings is 2. The summed E-state index contributed by atoms with van der Waals surface area (Å²) in [5.74, 6) is -4.52. The Kier molecular flexibility index (Phi) is 8.81. The predicted molar refractivity (Wildman–Crippen MR) is 177 cm³/mol. The summed E-state index contributed by atoms with van der Waals surface area (Å²) in [4.78, 5) is 43.2. The zero-order chi connectivity index (χ0) is 35.4. The SMILES string of the molecule is CC1(C)C[C@@H]1C(=O)N1CC2(CN(C(=O)c3cnn(Cc4ccc(F)cc4)c3)CC2COCc2cccc(C3CCC(F)(F)CC3)c2C(=O)O)C1. The van der Waals surface area contributed by atoms with Gasteiger partial charge in [-0.1, -0.05) is 44.2 Å². The Morgan fingerprint density at radius 3 is 2.34 bits per heavy atom. The van der Waals surface area contributed by atoms with Gasteiger partial charge in [0.05, 0.1) is 37.1 Å². The average molecular weight is 693 g/mol. The lowest BCUT2D eigenvalue weighted by Crippen LogP contribution is -2.63. The van der Waals surface area contributed by atoms with E-state index in [0.717, 1.165) is 12.0 Å². The topological polar surface area (TPSA) is 105 Å². The smallest absolute Gasteiger partial charge is 0.336 e. The summed E-state index contributed by atoms with van der Waals surface area (Å²) >= 11 is 0. The van der Waals surface area contributed by atoms with Crippen molar-refractivity contribution in [2.45, 2.75) is 70.9 Å². The standard InChI is InChI=1S/C38H43F3N4O5/c1-36(2)14-31(36)34(47)44-22-37(23-44)21-43(33(46)27-15-42-45(17-27)16-24-6-8-29(39)9-7-24)18-28(37)20-50-19-26-4-3-5-30(32(26)35(48)49)25-10-12-38(40,41)13-11-25/h3-9,15,17,25,28,31H,10-14,16,18-23H2,1-2H3,(H,48,49)/t28?,31-/m1/s1. The zero-order valence-electron chi connectivity index (χ0n) is 28.4. The number of likely N-dealkylation sites (tertiary alicyclic amines) is 2. The lowest BCUT2D eigenvalue weighted by molar-refractivity contribution is -0.148. The molecule has 3 heterocycles. The van der Waals surface area contributed by atoms with E-state index in [4.69, 9.17) is 4.74 Å². The van der Waals surface area contributed by atoms with Gasteiger partial charge in [-0.05, 0) is 59.4 Å². The van der Waals surface area contributed by atoms with Crippen LogP contribution >= 0.6 is 0 Å². The molecule has 4 fully saturated rings. The molecule has 1 N–H and O–H groups in total. The highest BCUT2D eigenvalue weighted by atomic mass is 19.3. The van der Waals surface area contributed by atoms with Gasteiger partial charge in [0.15, 0.2) is 0 Å². The summed E-state index contributed by atoms with van der Waals surface area (Å²) in [6.45, 7) is 6.73. The van der Waals surface area contributed by atoms with Gasteiger partial charge >= 0.3 is 5.97 Å². The Morgan fingerprint density at radius 2 is 1.68 bits per heavy atom. The minimum atomic E-state index is -2.71. The van der Waals surface area contributed by atoms with Gasteiger partial charge < -0.3 is 19.6 Å². The fourth-order valence-corrected chi connectivity index (χ4v) is 8.28. The van der Waals surface area contributed by atoms with E-state index < -0.39 is 11.9 Å². The van der Waals surface area contributed by atoms with Gasteiger partial charge in [-0.2, -0.15) is 5.10 Å². The van der Waals surface area contributed by atoms with Gasteiger partial charge in [0.25, 0.3) is 5.91 Å². The Balaban J connectivity index is 1.05. The third-order valence-corrected chi connectivity index (χ3v) is 11.5.